The van der Waals surface area contributed by atoms with Gasteiger partial charge < -0.3 is 8.98 Å². The molecular formula is C24H19ClN4OS2. The fourth-order valence-electron chi connectivity index (χ4n) is 4.46. The van der Waals surface area contributed by atoms with Gasteiger partial charge in [-0.2, -0.15) is 0 Å². The number of rotatable bonds is 4. The van der Waals surface area contributed by atoms with Crippen molar-refractivity contribution in [3.63, 3.8) is 0 Å². The minimum atomic E-state index is 0.529. The molecule has 0 atom stereocenters. The predicted molar refractivity (Wildman–Crippen MR) is 131 cm³/mol. The quantitative estimate of drug-likeness (QED) is 0.259. The van der Waals surface area contributed by atoms with Crippen LogP contribution in [0, 0.1) is 0 Å². The van der Waals surface area contributed by atoms with Crippen LogP contribution in [0.4, 0.5) is 0 Å². The van der Waals surface area contributed by atoms with Crippen LogP contribution in [0.15, 0.2) is 58.4 Å². The van der Waals surface area contributed by atoms with E-state index >= 15 is 0 Å². The summed E-state index contributed by atoms with van der Waals surface area (Å²) in [6.07, 6.45) is 10.4. The molecule has 6 rings (SSSR count). The number of fused-ring (bicyclic) bond motifs is 2. The molecular weight excluding hydrogens is 460 g/mol. The van der Waals surface area contributed by atoms with Crippen molar-refractivity contribution in [2.24, 2.45) is 0 Å². The zero-order valence-corrected chi connectivity index (χ0v) is 19.7. The Morgan fingerprint density at radius 3 is 2.59 bits per heavy atom. The van der Waals surface area contributed by atoms with Crippen LogP contribution in [0.25, 0.3) is 37.8 Å². The topological polar surface area (TPSA) is 56.7 Å². The lowest BCUT2D eigenvalue weighted by molar-refractivity contribution is 0.467. The highest BCUT2D eigenvalue weighted by atomic mass is 35.5. The molecule has 160 valence electrons. The van der Waals surface area contributed by atoms with E-state index in [1.165, 1.54) is 41.4 Å². The molecule has 0 aliphatic heterocycles. The SMILES string of the molecule is CSc1nnc(-c2sc3nc4c(c(-c5ccc(Cl)cc5)c3c2-n2cccc2)CCCC4)o1. The van der Waals surface area contributed by atoms with Crippen molar-refractivity contribution in [3.8, 4) is 27.6 Å². The first-order chi connectivity index (χ1) is 15.7. The Morgan fingerprint density at radius 1 is 1.06 bits per heavy atom. The largest absolute Gasteiger partial charge is 0.410 e. The molecule has 1 aromatic carbocycles. The summed E-state index contributed by atoms with van der Waals surface area (Å²) in [6.45, 7) is 0. The van der Waals surface area contributed by atoms with E-state index in [-0.39, 0.29) is 0 Å². The van der Waals surface area contributed by atoms with Crippen LogP contribution in [0.5, 0.6) is 0 Å². The molecule has 8 heteroatoms. The first-order valence-electron chi connectivity index (χ1n) is 10.5. The summed E-state index contributed by atoms with van der Waals surface area (Å²) in [5.41, 5.74) is 6.00. The van der Waals surface area contributed by atoms with E-state index in [0.29, 0.717) is 11.1 Å². The molecule has 0 spiro atoms. The molecule has 5 aromatic rings. The summed E-state index contributed by atoms with van der Waals surface area (Å²) in [6, 6.07) is 12.2. The van der Waals surface area contributed by atoms with Gasteiger partial charge in [0.1, 0.15) is 9.71 Å². The van der Waals surface area contributed by atoms with Crippen LogP contribution in [0.3, 0.4) is 0 Å². The Morgan fingerprint density at radius 2 is 1.84 bits per heavy atom. The van der Waals surface area contributed by atoms with Crippen molar-refractivity contribution < 1.29 is 4.42 Å². The first-order valence-corrected chi connectivity index (χ1v) is 12.9. The lowest BCUT2D eigenvalue weighted by Gasteiger charge is -2.20. The molecule has 0 radical (unpaired) electrons. The smallest absolute Gasteiger partial charge is 0.276 e. The number of halogens is 1. The molecule has 1 aliphatic rings. The minimum absolute atomic E-state index is 0.529. The van der Waals surface area contributed by atoms with Gasteiger partial charge in [0.15, 0.2) is 0 Å². The van der Waals surface area contributed by atoms with E-state index in [0.717, 1.165) is 44.2 Å². The Bertz CT molecular complexity index is 1420. The number of thioether (sulfide) groups is 1. The summed E-state index contributed by atoms with van der Waals surface area (Å²) >= 11 is 9.30. The highest BCUT2D eigenvalue weighted by molar-refractivity contribution is 7.98. The van der Waals surface area contributed by atoms with Gasteiger partial charge in [0, 0.05) is 28.5 Å². The Balaban J connectivity index is 1.74. The summed E-state index contributed by atoms with van der Waals surface area (Å²) in [7, 11) is 0. The van der Waals surface area contributed by atoms with Crippen LogP contribution in [0.1, 0.15) is 24.1 Å². The number of pyridine rings is 1. The van der Waals surface area contributed by atoms with Gasteiger partial charge in [-0.3, -0.25) is 0 Å². The number of thiophene rings is 1. The van der Waals surface area contributed by atoms with Gasteiger partial charge in [0.05, 0.1) is 5.69 Å². The van der Waals surface area contributed by atoms with E-state index in [1.54, 1.807) is 11.3 Å². The molecule has 4 aromatic heterocycles. The molecule has 0 saturated carbocycles. The maximum Gasteiger partial charge on any atom is 0.276 e. The Hall–Kier alpha value is -2.61. The van der Waals surface area contributed by atoms with Gasteiger partial charge in [-0.05, 0) is 72.9 Å². The fourth-order valence-corrected chi connectivity index (χ4v) is 6.00. The minimum Gasteiger partial charge on any atom is -0.410 e. The molecule has 0 saturated heterocycles. The van der Waals surface area contributed by atoms with Crippen molar-refractivity contribution in [2.75, 3.05) is 6.26 Å². The van der Waals surface area contributed by atoms with Gasteiger partial charge in [-0.25, -0.2) is 4.98 Å². The predicted octanol–water partition coefficient (Wildman–Crippen LogP) is 7.06. The van der Waals surface area contributed by atoms with Gasteiger partial charge in [-0.1, -0.05) is 35.5 Å². The second-order valence-corrected chi connectivity index (χ2v) is 9.95. The number of nitrogens with zero attached hydrogens (tertiary/aromatic N) is 4. The number of hydrogen-bond donors (Lipinski definition) is 0. The lowest BCUT2D eigenvalue weighted by atomic mass is 9.87. The van der Waals surface area contributed by atoms with Crippen molar-refractivity contribution in [3.05, 3.63) is 65.1 Å². The van der Waals surface area contributed by atoms with Crippen LogP contribution in [0.2, 0.25) is 5.02 Å². The average Bonchev–Trinajstić information content (AvgIpc) is 3.57. The Labute approximate surface area is 198 Å². The molecule has 1 aliphatic carbocycles. The van der Waals surface area contributed by atoms with E-state index in [4.69, 9.17) is 21.0 Å². The summed E-state index contributed by atoms with van der Waals surface area (Å²) in [4.78, 5) is 7.08. The average molecular weight is 479 g/mol. The molecule has 0 amide bonds. The third-order valence-corrected chi connectivity index (χ3v) is 7.69. The van der Waals surface area contributed by atoms with E-state index < -0.39 is 0 Å². The fraction of sp³-hybridized carbons (Fsp3) is 0.208. The zero-order valence-electron chi connectivity index (χ0n) is 17.3. The summed E-state index contributed by atoms with van der Waals surface area (Å²) in [5, 5.41) is 11.0. The van der Waals surface area contributed by atoms with Crippen molar-refractivity contribution in [1.29, 1.82) is 0 Å². The van der Waals surface area contributed by atoms with Crippen molar-refractivity contribution in [1.82, 2.24) is 19.7 Å². The Kier molecular flexibility index (Phi) is 5.05. The van der Waals surface area contributed by atoms with Crippen LogP contribution in [-0.2, 0) is 12.8 Å². The van der Waals surface area contributed by atoms with Crippen molar-refractivity contribution in [2.45, 2.75) is 30.9 Å². The third kappa shape index (κ3) is 3.27. The molecule has 0 bridgehead atoms. The lowest BCUT2D eigenvalue weighted by Crippen LogP contribution is -2.08. The normalized spacial score (nSPS) is 13.6. The number of aromatic nitrogens is 4. The van der Waals surface area contributed by atoms with Gasteiger partial charge in [0.25, 0.3) is 11.1 Å². The molecule has 4 heterocycles. The highest BCUT2D eigenvalue weighted by Gasteiger charge is 2.27. The first kappa shape index (κ1) is 20.0. The van der Waals surface area contributed by atoms with Crippen LogP contribution < -0.4 is 0 Å². The number of aryl methyl sites for hydroxylation is 1. The molecule has 32 heavy (non-hydrogen) atoms. The molecule has 0 unspecified atom stereocenters. The van der Waals surface area contributed by atoms with Crippen LogP contribution >= 0.6 is 34.7 Å². The third-order valence-electron chi connectivity index (χ3n) is 5.86. The van der Waals surface area contributed by atoms with Gasteiger partial charge >= 0.3 is 0 Å². The van der Waals surface area contributed by atoms with Gasteiger partial charge in [0.2, 0.25) is 0 Å². The number of benzene rings is 1. The van der Waals surface area contributed by atoms with Crippen molar-refractivity contribution >= 4 is 44.9 Å². The molecule has 0 N–H and O–H groups in total. The maximum atomic E-state index is 6.23. The highest BCUT2D eigenvalue weighted by Crippen LogP contribution is 2.47. The van der Waals surface area contributed by atoms with E-state index in [1.807, 2.05) is 30.5 Å². The molecule has 5 nitrogen and oxygen atoms in total. The summed E-state index contributed by atoms with van der Waals surface area (Å²) < 4.78 is 8.10. The molecule has 0 fully saturated rings. The second-order valence-electron chi connectivity index (χ2n) is 7.75. The standard InChI is InChI=1S/C24H19ClN4OS2/c1-31-24-28-27-22(30-24)21-20(29-12-4-5-13-29)19-18(14-8-10-15(25)11-9-14)16-6-2-3-7-17(16)26-23(19)32-21/h4-5,8-13H,2-3,6-7H2,1H3. The van der Waals surface area contributed by atoms with Crippen LogP contribution in [-0.4, -0.2) is 26.0 Å². The summed E-state index contributed by atoms with van der Waals surface area (Å²) in [5.74, 6) is 0.529. The zero-order chi connectivity index (χ0) is 21.7. The van der Waals surface area contributed by atoms with Gasteiger partial charge in [-0.15, -0.1) is 21.5 Å². The van der Waals surface area contributed by atoms with E-state index in [2.05, 4.69) is 39.3 Å². The second kappa shape index (κ2) is 8.06. The number of hydrogen-bond acceptors (Lipinski definition) is 6. The monoisotopic (exact) mass is 478 g/mol. The maximum absolute atomic E-state index is 6.23. The van der Waals surface area contributed by atoms with E-state index in [9.17, 15) is 0 Å².